The molecule has 7 heteroatoms. The molecule has 0 aliphatic heterocycles. The highest BCUT2D eigenvalue weighted by molar-refractivity contribution is 5.87. The van der Waals surface area contributed by atoms with Gasteiger partial charge in [-0.05, 0) is 35.9 Å². The Labute approximate surface area is 146 Å². The number of hydrogen-bond acceptors (Lipinski definition) is 4. The van der Waals surface area contributed by atoms with Gasteiger partial charge in [-0.1, -0.05) is 18.2 Å². The lowest BCUT2D eigenvalue weighted by Crippen LogP contribution is -2.08. The second kappa shape index (κ2) is 6.18. The van der Waals surface area contributed by atoms with Crippen molar-refractivity contribution in [2.75, 3.05) is 0 Å². The number of alkyl halides is 3. The molecular weight excluding hydrogens is 341 g/mol. The van der Waals surface area contributed by atoms with Gasteiger partial charge in [-0.2, -0.15) is 13.2 Å². The van der Waals surface area contributed by atoms with Crippen LogP contribution in [0.5, 0.6) is 0 Å². The summed E-state index contributed by atoms with van der Waals surface area (Å²) in [5.74, 6) is 0. The molecule has 0 unspecified atom stereocenters. The molecule has 0 aliphatic rings. The van der Waals surface area contributed by atoms with Crippen LogP contribution < -0.4 is 0 Å². The summed E-state index contributed by atoms with van der Waals surface area (Å²) < 4.78 is 39.0. The summed E-state index contributed by atoms with van der Waals surface area (Å²) in [6.07, 6.45) is 0.171. The maximum Gasteiger partial charge on any atom is 0.433 e. The monoisotopic (exact) mass is 352 g/mol. The minimum Gasteiger partial charge on any atom is -0.254 e. The van der Waals surface area contributed by atoms with E-state index in [9.17, 15) is 13.2 Å². The molecule has 0 radical (unpaired) electrons. The average Bonchev–Trinajstić information content (AvgIpc) is 2.67. The lowest BCUT2D eigenvalue weighted by molar-refractivity contribution is -0.141. The van der Waals surface area contributed by atoms with Crippen LogP contribution in [0.25, 0.3) is 33.4 Å². The highest BCUT2D eigenvalue weighted by Gasteiger charge is 2.32. The van der Waals surface area contributed by atoms with Crippen LogP contribution in [0.2, 0.25) is 0 Å². The molecule has 3 heterocycles. The number of aromatic nitrogens is 4. The third-order valence-corrected chi connectivity index (χ3v) is 3.91. The molecule has 0 saturated heterocycles. The molecule has 26 heavy (non-hydrogen) atoms. The number of pyridine rings is 2. The van der Waals surface area contributed by atoms with E-state index in [0.717, 1.165) is 22.5 Å². The summed E-state index contributed by atoms with van der Waals surface area (Å²) in [5.41, 5.74) is 1.87. The largest absolute Gasteiger partial charge is 0.433 e. The van der Waals surface area contributed by atoms with Crippen molar-refractivity contribution in [3.8, 4) is 22.5 Å². The van der Waals surface area contributed by atoms with Crippen LogP contribution in [-0.2, 0) is 6.18 Å². The minimum atomic E-state index is -4.51. The lowest BCUT2D eigenvalue weighted by Gasteiger charge is -2.11. The van der Waals surface area contributed by atoms with Crippen molar-refractivity contribution in [2.45, 2.75) is 6.18 Å². The molecular formula is C19H11F3N4. The molecule has 0 amide bonds. The predicted molar refractivity (Wildman–Crippen MR) is 91.0 cm³/mol. The summed E-state index contributed by atoms with van der Waals surface area (Å²) in [5, 5.41) is 0.830. The van der Waals surface area contributed by atoms with E-state index in [-0.39, 0.29) is 5.69 Å². The molecule has 0 N–H and O–H groups in total. The highest BCUT2D eigenvalue weighted by Crippen LogP contribution is 2.33. The number of nitrogens with zero attached hydrogens (tertiary/aromatic N) is 4. The van der Waals surface area contributed by atoms with Crippen LogP contribution >= 0.6 is 0 Å². The van der Waals surface area contributed by atoms with Crippen molar-refractivity contribution in [3.05, 3.63) is 72.9 Å². The van der Waals surface area contributed by atoms with Gasteiger partial charge in [-0.3, -0.25) is 4.98 Å². The minimum absolute atomic E-state index is 0.167. The van der Waals surface area contributed by atoms with Crippen LogP contribution in [0.1, 0.15) is 5.69 Å². The van der Waals surface area contributed by atoms with E-state index in [4.69, 9.17) is 0 Å². The zero-order valence-corrected chi connectivity index (χ0v) is 13.3. The Morgan fingerprint density at radius 1 is 0.885 bits per heavy atom. The van der Waals surface area contributed by atoms with Crippen LogP contribution in [0.15, 0.2) is 67.3 Å². The summed E-state index contributed by atoms with van der Waals surface area (Å²) >= 11 is 0. The molecule has 0 fully saturated rings. The first-order valence-corrected chi connectivity index (χ1v) is 7.72. The quantitative estimate of drug-likeness (QED) is 0.521. The van der Waals surface area contributed by atoms with E-state index in [1.54, 1.807) is 18.3 Å². The summed E-state index contributed by atoms with van der Waals surface area (Å²) in [6.45, 7) is 0. The van der Waals surface area contributed by atoms with Gasteiger partial charge in [0.25, 0.3) is 0 Å². The standard InChI is InChI=1S/C19H11F3N4/c20-19(21,22)17-5-1-4-16(26-17)18-14(3-2-8-24-18)12-6-7-15-13(9-12)10-23-11-25-15/h1-11H. The average molecular weight is 352 g/mol. The molecule has 0 saturated carbocycles. The molecule has 0 atom stereocenters. The lowest BCUT2D eigenvalue weighted by atomic mass is 10.0. The Morgan fingerprint density at radius 3 is 2.62 bits per heavy atom. The third kappa shape index (κ3) is 2.99. The first-order valence-electron chi connectivity index (χ1n) is 7.72. The first kappa shape index (κ1) is 16.1. The van der Waals surface area contributed by atoms with Gasteiger partial charge in [0.1, 0.15) is 12.0 Å². The fourth-order valence-electron chi connectivity index (χ4n) is 2.72. The van der Waals surface area contributed by atoms with Gasteiger partial charge < -0.3 is 0 Å². The smallest absolute Gasteiger partial charge is 0.254 e. The molecule has 4 nitrogen and oxygen atoms in total. The Hall–Kier alpha value is -3.35. The van der Waals surface area contributed by atoms with Gasteiger partial charge in [0.05, 0.1) is 16.9 Å². The van der Waals surface area contributed by atoms with E-state index in [1.807, 2.05) is 18.2 Å². The topological polar surface area (TPSA) is 51.6 Å². The van der Waals surface area contributed by atoms with Crippen molar-refractivity contribution in [1.29, 1.82) is 0 Å². The van der Waals surface area contributed by atoms with Crippen LogP contribution in [-0.4, -0.2) is 19.9 Å². The second-order valence-electron chi connectivity index (χ2n) is 5.60. The molecule has 4 aromatic rings. The summed E-state index contributed by atoms with van der Waals surface area (Å²) in [6, 6.07) is 12.9. The van der Waals surface area contributed by atoms with Gasteiger partial charge in [0, 0.05) is 23.3 Å². The number of hydrogen-bond donors (Lipinski definition) is 0. The Kier molecular flexibility index (Phi) is 3.84. The summed E-state index contributed by atoms with van der Waals surface area (Å²) in [4.78, 5) is 16.2. The molecule has 1 aromatic carbocycles. The van der Waals surface area contributed by atoms with Crippen LogP contribution in [0, 0.1) is 0 Å². The Bertz CT molecular complexity index is 1090. The zero-order valence-electron chi connectivity index (χ0n) is 13.3. The van der Waals surface area contributed by atoms with Gasteiger partial charge in [-0.25, -0.2) is 15.0 Å². The van der Waals surface area contributed by atoms with Crippen molar-refractivity contribution in [1.82, 2.24) is 19.9 Å². The van der Waals surface area contributed by atoms with E-state index >= 15 is 0 Å². The van der Waals surface area contributed by atoms with Crippen molar-refractivity contribution in [3.63, 3.8) is 0 Å². The predicted octanol–water partition coefficient (Wildman–Crippen LogP) is 4.77. The molecule has 0 bridgehead atoms. The molecule has 128 valence electrons. The van der Waals surface area contributed by atoms with E-state index in [2.05, 4.69) is 19.9 Å². The fourth-order valence-corrected chi connectivity index (χ4v) is 2.72. The van der Waals surface area contributed by atoms with Gasteiger partial charge in [0.15, 0.2) is 0 Å². The van der Waals surface area contributed by atoms with Crippen LogP contribution in [0.4, 0.5) is 13.2 Å². The number of rotatable bonds is 2. The van der Waals surface area contributed by atoms with Gasteiger partial charge in [-0.15, -0.1) is 0 Å². The Balaban J connectivity index is 1.87. The van der Waals surface area contributed by atoms with E-state index in [1.165, 1.54) is 24.7 Å². The molecule has 0 aliphatic carbocycles. The van der Waals surface area contributed by atoms with E-state index in [0.29, 0.717) is 11.3 Å². The normalized spacial score (nSPS) is 11.7. The molecule has 4 rings (SSSR count). The molecule has 3 aromatic heterocycles. The molecule has 0 spiro atoms. The van der Waals surface area contributed by atoms with Crippen LogP contribution in [0.3, 0.4) is 0 Å². The van der Waals surface area contributed by atoms with Gasteiger partial charge >= 0.3 is 6.18 Å². The maximum atomic E-state index is 13.0. The fraction of sp³-hybridized carbons (Fsp3) is 0.0526. The highest BCUT2D eigenvalue weighted by atomic mass is 19.4. The van der Waals surface area contributed by atoms with Crippen molar-refractivity contribution in [2.24, 2.45) is 0 Å². The zero-order chi connectivity index (χ0) is 18.1. The SMILES string of the molecule is FC(F)(F)c1cccc(-c2ncccc2-c2ccc3ncncc3c2)n1. The summed E-state index contributed by atoms with van der Waals surface area (Å²) in [7, 11) is 0. The number of fused-ring (bicyclic) bond motifs is 1. The second-order valence-corrected chi connectivity index (χ2v) is 5.60. The first-order chi connectivity index (χ1) is 12.5. The van der Waals surface area contributed by atoms with Crippen molar-refractivity contribution < 1.29 is 13.2 Å². The number of halogens is 3. The van der Waals surface area contributed by atoms with Gasteiger partial charge in [0.2, 0.25) is 0 Å². The Morgan fingerprint density at radius 2 is 1.77 bits per heavy atom. The van der Waals surface area contributed by atoms with Crippen molar-refractivity contribution >= 4 is 10.9 Å². The maximum absolute atomic E-state index is 13.0. The number of benzene rings is 1. The van der Waals surface area contributed by atoms with E-state index < -0.39 is 11.9 Å². The third-order valence-electron chi connectivity index (χ3n) is 3.91.